The molecule has 61 heavy (non-hydrogen) atoms. The maximum atomic E-state index is 10.2. The van der Waals surface area contributed by atoms with Crippen molar-refractivity contribution in [3.8, 4) is 0 Å². The van der Waals surface area contributed by atoms with E-state index in [9.17, 15) is 25.9 Å². The average Bonchev–Trinajstić information content (AvgIpc) is 3.70. The van der Waals surface area contributed by atoms with Crippen LogP contribution < -0.4 is 18.9 Å². The molecule has 0 aliphatic heterocycles. The molecule has 0 bridgehead atoms. The quantitative estimate of drug-likeness (QED) is 0.0742. The zero-order chi connectivity index (χ0) is 44.7. The van der Waals surface area contributed by atoms with Gasteiger partial charge in [-0.1, -0.05) is 70.9 Å². The number of hydrogen-bond acceptors (Lipinski definition) is 14. The predicted octanol–water partition coefficient (Wildman–Crippen LogP) is 5.68. The number of nitrogens with zero attached hydrogens (tertiary/aromatic N) is 12. The van der Waals surface area contributed by atoms with Crippen LogP contribution in [0.3, 0.4) is 0 Å². The topological polar surface area (TPSA) is 214 Å². The summed E-state index contributed by atoms with van der Waals surface area (Å²) in [6.45, 7) is 5.99. The predicted molar refractivity (Wildman–Crippen MR) is 230 cm³/mol. The first-order chi connectivity index (χ1) is 28.8. The summed E-state index contributed by atoms with van der Waals surface area (Å²) in [6, 6.07) is 29.3. The van der Waals surface area contributed by atoms with Crippen molar-refractivity contribution in [3.63, 3.8) is 0 Å². The molecule has 0 saturated heterocycles. The first-order valence-corrected chi connectivity index (χ1v) is 22.1. The third kappa shape index (κ3) is 15.7. The van der Waals surface area contributed by atoms with Crippen LogP contribution in [0.25, 0.3) is 0 Å². The van der Waals surface area contributed by atoms with Gasteiger partial charge in [0.15, 0.2) is 0 Å². The van der Waals surface area contributed by atoms with E-state index in [0.717, 1.165) is 53.4 Å². The fourth-order valence-electron chi connectivity index (χ4n) is 5.78. The molecular weight excluding hydrogens is 821 g/mol. The maximum Gasteiger partial charge on any atom is 0.403 e. The molecule has 0 aliphatic rings. The summed E-state index contributed by atoms with van der Waals surface area (Å²) in [5.74, 6) is 0.530. The number of hydrogen-bond donors (Lipinski definition) is 0. The lowest BCUT2D eigenvalue weighted by Crippen LogP contribution is -2.25. The van der Waals surface area contributed by atoms with Crippen LogP contribution in [0.2, 0.25) is 0 Å². The summed E-state index contributed by atoms with van der Waals surface area (Å²) >= 11 is 0. The van der Waals surface area contributed by atoms with Crippen molar-refractivity contribution in [2.45, 2.75) is 31.8 Å². The van der Waals surface area contributed by atoms with E-state index in [1.807, 2.05) is 49.5 Å². The number of aryl methyl sites for hydroxylation is 6. The van der Waals surface area contributed by atoms with Crippen molar-refractivity contribution in [2.24, 2.45) is 48.6 Å². The van der Waals surface area contributed by atoms with Gasteiger partial charge in [-0.15, -0.1) is 9.36 Å². The van der Waals surface area contributed by atoms with Crippen molar-refractivity contribution in [3.05, 3.63) is 132 Å². The molecule has 0 saturated carbocycles. The Labute approximate surface area is 357 Å². The van der Waals surface area contributed by atoms with E-state index in [1.54, 1.807) is 82.7 Å². The second-order valence-corrected chi connectivity index (χ2v) is 17.1. The van der Waals surface area contributed by atoms with Gasteiger partial charge in [0.25, 0.3) is 0 Å². The number of anilines is 2. The molecular formula is C41H52N12O6S2. The highest BCUT2D eigenvalue weighted by atomic mass is 32.2. The molecule has 0 N–H and O–H groups in total. The van der Waals surface area contributed by atoms with E-state index >= 15 is 0 Å². The zero-order valence-electron chi connectivity index (χ0n) is 35.6. The summed E-state index contributed by atoms with van der Waals surface area (Å²) in [4.78, 5) is 4.55. The SMILES string of the molecule is Cc1cc(N(C)CCCN(C)c2ccc(N=Nc3n(C)nc[n+]3C)c(C)c2)ccc1N=Nc1n(C)nc[n+]1C.O=S(=O)([O-])Cc1ccccc1.O=S(=O)([O-])Cc1ccccc1. The second kappa shape index (κ2) is 21.9. The van der Waals surface area contributed by atoms with E-state index in [0.29, 0.717) is 23.0 Å². The molecule has 6 rings (SSSR count). The fraction of sp³-hybridized carbons (Fsp3) is 0.317. The largest absolute Gasteiger partial charge is 0.748 e. The van der Waals surface area contributed by atoms with Gasteiger partial charge in [0.2, 0.25) is 12.7 Å². The van der Waals surface area contributed by atoms with Gasteiger partial charge in [-0.3, -0.25) is 0 Å². The van der Waals surface area contributed by atoms with Crippen LogP contribution in [0, 0.1) is 13.8 Å². The Morgan fingerprint density at radius 2 is 0.951 bits per heavy atom. The van der Waals surface area contributed by atoms with Gasteiger partial charge in [-0.25, -0.2) is 26.0 Å². The van der Waals surface area contributed by atoms with Crippen molar-refractivity contribution < 1.29 is 35.1 Å². The Balaban J connectivity index is 0.000000301. The summed E-state index contributed by atoms with van der Waals surface area (Å²) in [7, 11) is 3.49. The summed E-state index contributed by atoms with van der Waals surface area (Å²) < 4.78 is 68.5. The van der Waals surface area contributed by atoms with Crippen molar-refractivity contribution in [1.29, 1.82) is 0 Å². The smallest absolute Gasteiger partial charge is 0.403 e. The van der Waals surface area contributed by atoms with Gasteiger partial charge >= 0.3 is 11.9 Å². The average molecular weight is 873 g/mol. The first-order valence-electron chi connectivity index (χ1n) is 19.0. The Hall–Kier alpha value is -6.22. The van der Waals surface area contributed by atoms with E-state index < -0.39 is 31.7 Å². The van der Waals surface area contributed by atoms with Gasteiger partial charge in [0.05, 0.1) is 59.9 Å². The molecule has 324 valence electrons. The lowest BCUT2D eigenvalue weighted by atomic mass is 10.1. The molecule has 0 atom stereocenters. The van der Waals surface area contributed by atoms with E-state index in [4.69, 9.17) is 0 Å². The van der Waals surface area contributed by atoms with Gasteiger partial charge in [0.1, 0.15) is 11.4 Å². The number of rotatable bonds is 14. The lowest BCUT2D eigenvalue weighted by Gasteiger charge is -2.24. The van der Waals surface area contributed by atoms with Crippen LogP contribution >= 0.6 is 0 Å². The molecule has 4 aromatic carbocycles. The fourth-order valence-corrected chi connectivity index (χ4v) is 6.98. The molecule has 0 spiro atoms. The van der Waals surface area contributed by atoms with Crippen molar-refractivity contribution >= 4 is 54.9 Å². The minimum Gasteiger partial charge on any atom is -0.748 e. The monoisotopic (exact) mass is 872 g/mol. The minimum absolute atomic E-state index is 0.423. The van der Waals surface area contributed by atoms with E-state index in [2.05, 4.69) is 92.7 Å². The second-order valence-electron chi connectivity index (χ2n) is 14.2. The van der Waals surface area contributed by atoms with Crippen LogP contribution in [-0.4, -0.2) is 72.7 Å². The highest BCUT2D eigenvalue weighted by molar-refractivity contribution is 7.85. The van der Waals surface area contributed by atoms with Crippen molar-refractivity contribution in [1.82, 2.24) is 19.6 Å². The Morgan fingerprint density at radius 1 is 0.590 bits per heavy atom. The minimum atomic E-state index is -4.13. The summed E-state index contributed by atoms with van der Waals surface area (Å²) in [5, 5.41) is 26.0. The van der Waals surface area contributed by atoms with Crippen molar-refractivity contribution in [2.75, 3.05) is 37.0 Å². The Kier molecular flexibility index (Phi) is 17.0. The third-order valence-electron chi connectivity index (χ3n) is 9.10. The van der Waals surface area contributed by atoms with E-state index in [-0.39, 0.29) is 0 Å². The lowest BCUT2D eigenvalue weighted by molar-refractivity contribution is -0.659. The first kappa shape index (κ1) is 47.5. The van der Waals surface area contributed by atoms with Crippen LogP contribution in [0.1, 0.15) is 28.7 Å². The normalized spacial score (nSPS) is 11.6. The Morgan fingerprint density at radius 3 is 1.25 bits per heavy atom. The van der Waals surface area contributed by atoms with Gasteiger partial charge in [-0.2, -0.15) is 0 Å². The van der Waals surface area contributed by atoms with Crippen LogP contribution in [0.4, 0.5) is 34.6 Å². The molecule has 0 unspecified atom stereocenters. The molecule has 18 nitrogen and oxygen atoms in total. The molecule has 0 aliphatic carbocycles. The third-order valence-corrected chi connectivity index (χ3v) is 10.5. The molecule has 2 aromatic heterocycles. The van der Waals surface area contributed by atoms with E-state index in [1.165, 1.54) is 0 Å². The molecule has 2 heterocycles. The van der Waals surface area contributed by atoms with Gasteiger partial charge < -0.3 is 18.9 Å². The molecule has 0 radical (unpaired) electrons. The van der Waals surface area contributed by atoms with Crippen LogP contribution in [0.5, 0.6) is 0 Å². The van der Waals surface area contributed by atoms with Crippen LogP contribution in [0.15, 0.2) is 130 Å². The standard InChI is InChI=1S/C27H38N12.2C7H8O3S/c1-20-16-22(10-12-24(20)30-32-26-36(5)18-28-38(26)7)34(3)14-9-15-35(4)23-11-13-25(21(2)17-23)31-33-27-37(6)19-29-39(27)8;2*8-11(9,10)6-7-4-2-1-3-5-7/h10-13,16-19H,9,14-15H2,1-8H3;2*1-5H,6H2,(H,8,9,10)/q+2;;/p-2. The zero-order valence-corrected chi connectivity index (χ0v) is 37.2. The molecule has 0 fully saturated rings. The number of azo groups is 2. The molecule has 20 heteroatoms. The number of benzene rings is 4. The summed E-state index contributed by atoms with van der Waals surface area (Å²) in [6.07, 6.45) is 4.44. The number of aromatic nitrogens is 6. The molecule has 6 aromatic rings. The summed E-state index contributed by atoms with van der Waals surface area (Å²) in [5.41, 5.74) is 7.23. The highest BCUT2D eigenvalue weighted by Gasteiger charge is 2.14. The maximum absolute atomic E-state index is 10.2. The van der Waals surface area contributed by atoms with Crippen LogP contribution in [-0.2, 0) is 59.9 Å². The highest BCUT2D eigenvalue weighted by Crippen LogP contribution is 2.27. The molecule has 0 amide bonds. The van der Waals surface area contributed by atoms with Gasteiger partial charge in [-0.05, 0) is 89.1 Å². The van der Waals surface area contributed by atoms with Gasteiger partial charge in [0, 0.05) is 48.8 Å². The Bertz CT molecular complexity index is 2410.